The highest BCUT2D eigenvalue weighted by molar-refractivity contribution is 5.80. The molecule has 0 aromatic carbocycles. The highest BCUT2D eigenvalue weighted by Gasteiger charge is 2.29. The first-order valence-corrected chi connectivity index (χ1v) is 7.66. The molecule has 1 saturated heterocycles. The number of nitrogens with two attached hydrogens (primary N) is 1. The van der Waals surface area contributed by atoms with Crippen molar-refractivity contribution in [2.45, 2.75) is 24.9 Å². The third kappa shape index (κ3) is 3.92. The van der Waals surface area contributed by atoms with E-state index in [9.17, 15) is 4.79 Å². The van der Waals surface area contributed by atoms with Gasteiger partial charge in [0, 0.05) is 45.0 Å². The zero-order chi connectivity index (χ0) is 14.7. The Balaban J connectivity index is 1.49. The van der Waals surface area contributed by atoms with Gasteiger partial charge in [-0.05, 0) is 25.0 Å². The molecule has 1 unspecified atom stereocenters. The van der Waals surface area contributed by atoms with Crippen LogP contribution in [0.25, 0.3) is 0 Å². The molecular formula is C15H23N5O. The normalized spacial score (nSPS) is 21.2. The Kier molecular flexibility index (Phi) is 4.36. The third-order valence-electron chi connectivity index (χ3n) is 4.14. The van der Waals surface area contributed by atoms with Gasteiger partial charge in [0.25, 0.3) is 0 Å². The molecule has 0 radical (unpaired) electrons. The SMILES string of the molecule is NC(=O)C(CN1CCN(c2ccccn2)CC1)NC1CC1. The van der Waals surface area contributed by atoms with E-state index in [1.165, 1.54) is 0 Å². The molecule has 0 bridgehead atoms. The molecule has 1 aromatic heterocycles. The molecule has 0 spiro atoms. The van der Waals surface area contributed by atoms with Crippen molar-refractivity contribution in [2.24, 2.45) is 5.73 Å². The zero-order valence-electron chi connectivity index (χ0n) is 12.2. The average molecular weight is 289 g/mol. The van der Waals surface area contributed by atoms with E-state index in [4.69, 9.17) is 5.73 Å². The highest BCUT2D eigenvalue weighted by atomic mass is 16.1. The van der Waals surface area contributed by atoms with Crippen LogP contribution in [-0.2, 0) is 4.79 Å². The Labute approximate surface area is 125 Å². The third-order valence-corrected chi connectivity index (χ3v) is 4.14. The van der Waals surface area contributed by atoms with E-state index in [1.54, 1.807) is 0 Å². The van der Waals surface area contributed by atoms with E-state index in [0.29, 0.717) is 12.6 Å². The van der Waals surface area contributed by atoms with Crippen molar-refractivity contribution in [3.05, 3.63) is 24.4 Å². The molecule has 6 nitrogen and oxygen atoms in total. The second-order valence-electron chi connectivity index (χ2n) is 5.87. The second-order valence-corrected chi connectivity index (χ2v) is 5.87. The summed E-state index contributed by atoms with van der Waals surface area (Å²) >= 11 is 0. The molecule has 1 aliphatic carbocycles. The fraction of sp³-hybridized carbons (Fsp3) is 0.600. The molecule has 3 rings (SSSR count). The molecule has 21 heavy (non-hydrogen) atoms. The van der Waals surface area contributed by atoms with Crippen LogP contribution in [0.2, 0.25) is 0 Å². The minimum Gasteiger partial charge on any atom is -0.368 e. The standard InChI is InChI=1S/C15H23N5O/c16-15(21)13(18-12-4-5-12)11-19-7-9-20(10-8-19)14-3-1-2-6-17-14/h1-3,6,12-13,18H,4-5,7-11H2,(H2,16,21). The monoisotopic (exact) mass is 289 g/mol. The van der Waals surface area contributed by atoms with Crippen LogP contribution in [0.4, 0.5) is 5.82 Å². The van der Waals surface area contributed by atoms with Crippen LogP contribution in [0.15, 0.2) is 24.4 Å². The van der Waals surface area contributed by atoms with Gasteiger partial charge in [0.2, 0.25) is 5.91 Å². The summed E-state index contributed by atoms with van der Waals surface area (Å²) in [5.74, 6) is 0.786. The van der Waals surface area contributed by atoms with Crippen LogP contribution in [-0.4, -0.2) is 60.6 Å². The topological polar surface area (TPSA) is 74.5 Å². The second kappa shape index (κ2) is 6.41. The van der Waals surface area contributed by atoms with Gasteiger partial charge in [-0.25, -0.2) is 4.98 Å². The highest BCUT2D eigenvalue weighted by Crippen LogP contribution is 2.20. The first-order valence-electron chi connectivity index (χ1n) is 7.66. The summed E-state index contributed by atoms with van der Waals surface area (Å²) in [5, 5.41) is 3.34. The molecule has 2 fully saturated rings. The molecule has 1 aliphatic heterocycles. The number of rotatable bonds is 6. The van der Waals surface area contributed by atoms with Crippen LogP contribution in [0, 0.1) is 0 Å². The van der Waals surface area contributed by atoms with Crippen LogP contribution < -0.4 is 16.0 Å². The number of hydrogen-bond acceptors (Lipinski definition) is 5. The van der Waals surface area contributed by atoms with Crippen LogP contribution in [0.1, 0.15) is 12.8 Å². The van der Waals surface area contributed by atoms with Crippen molar-refractivity contribution >= 4 is 11.7 Å². The van der Waals surface area contributed by atoms with Gasteiger partial charge < -0.3 is 16.0 Å². The largest absolute Gasteiger partial charge is 0.368 e. The maximum Gasteiger partial charge on any atom is 0.235 e. The summed E-state index contributed by atoms with van der Waals surface area (Å²) in [6.45, 7) is 4.46. The number of aromatic nitrogens is 1. The Bertz CT molecular complexity index is 468. The number of pyridine rings is 1. The summed E-state index contributed by atoms with van der Waals surface area (Å²) in [4.78, 5) is 20.5. The lowest BCUT2D eigenvalue weighted by Crippen LogP contribution is -2.54. The smallest absolute Gasteiger partial charge is 0.235 e. The van der Waals surface area contributed by atoms with Gasteiger partial charge >= 0.3 is 0 Å². The number of carbonyl (C=O) groups excluding carboxylic acids is 1. The summed E-state index contributed by atoms with van der Waals surface area (Å²) in [6.07, 6.45) is 4.15. The number of nitrogens with one attached hydrogen (secondary N) is 1. The molecule has 3 N–H and O–H groups in total. The number of piperazine rings is 1. The van der Waals surface area contributed by atoms with Crippen molar-refractivity contribution in [3.8, 4) is 0 Å². The Hall–Kier alpha value is -1.66. The lowest BCUT2D eigenvalue weighted by atomic mass is 10.2. The first-order chi connectivity index (χ1) is 10.2. The fourth-order valence-corrected chi connectivity index (χ4v) is 2.72. The minimum atomic E-state index is -0.242. The Morgan fingerprint density at radius 2 is 2.10 bits per heavy atom. The van der Waals surface area contributed by atoms with Crippen molar-refractivity contribution in [1.29, 1.82) is 0 Å². The maximum atomic E-state index is 11.5. The van der Waals surface area contributed by atoms with Crippen LogP contribution in [0.3, 0.4) is 0 Å². The summed E-state index contributed by atoms with van der Waals surface area (Å²) in [5.41, 5.74) is 5.50. The van der Waals surface area contributed by atoms with E-state index in [0.717, 1.165) is 44.8 Å². The Morgan fingerprint density at radius 3 is 2.67 bits per heavy atom. The van der Waals surface area contributed by atoms with Crippen molar-refractivity contribution in [1.82, 2.24) is 15.2 Å². The molecular weight excluding hydrogens is 266 g/mol. The number of amides is 1. The van der Waals surface area contributed by atoms with Crippen LogP contribution >= 0.6 is 0 Å². The van der Waals surface area contributed by atoms with Gasteiger partial charge in [-0.15, -0.1) is 0 Å². The van der Waals surface area contributed by atoms with Gasteiger partial charge in [0.15, 0.2) is 0 Å². The predicted molar refractivity (Wildman–Crippen MR) is 82.0 cm³/mol. The molecule has 1 amide bonds. The quantitative estimate of drug-likeness (QED) is 0.759. The summed E-state index contributed by atoms with van der Waals surface area (Å²) < 4.78 is 0. The maximum absolute atomic E-state index is 11.5. The van der Waals surface area contributed by atoms with Gasteiger partial charge in [0.1, 0.15) is 5.82 Å². The van der Waals surface area contributed by atoms with Gasteiger partial charge in [-0.1, -0.05) is 6.07 Å². The lowest BCUT2D eigenvalue weighted by molar-refractivity contribution is -0.120. The van der Waals surface area contributed by atoms with Gasteiger partial charge in [-0.3, -0.25) is 9.69 Å². The molecule has 1 aromatic rings. The van der Waals surface area contributed by atoms with Gasteiger partial charge in [0.05, 0.1) is 6.04 Å². The average Bonchev–Trinajstić information content (AvgIpc) is 3.32. The lowest BCUT2D eigenvalue weighted by Gasteiger charge is -2.36. The number of nitrogens with zero attached hydrogens (tertiary/aromatic N) is 3. The van der Waals surface area contributed by atoms with E-state index in [-0.39, 0.29) is 11.9 Å². The van der Waals surface area contributed by atoms with Gasteiger partial charge in [-0.2, -0.15) is 0 Å². The number of anilines is 1. The molecule has 2 aliphatic rings. The van der Waals surface area contributed by atoms with E-state index in [2.05, 4.69) is 20.1 Å². The predicted octanol–water partition coefficient (Wildman–Crippen LogP) is -0.190. The minimum absolute atomic E-state index is 0.223. The number of hydrogen-bond donors (Lipinski definition) is 2. The number of carbonyl (C=O) groups is 1. The van der Waals surface area contributed by atoms with E-state index >= 15 is 0 Å². The van der Waals surface area contributed by atoms with Crippen LogP contribution in [0.5, 0.6) is 0 Å². The molecule has 2 heterocycles. The molecule has 6 heteroatoms. The fourth-order valence-electron chi connectivity index (χ4n) is 2.72. The summed E-state index contributed by atoms with van der Waals surface area (Å²) in [7, 11) is 0. The van der Waals surface area contributed by atoms with Crippen molar-refractivity contribution in [2.75, 3.05) is 37.6 Å². The van der Waals surface area contributed by atoms with Crippen molar-refractivity contribution < 1.29 is 4.79 Å². The zero-order valence-corrected chi connectivity index (χ0v) is 12.2. The van der Waals surface area contributed by atoms with E-state index in [1.807, 2.05) is 24.4 Å². The number of primary amides is 1. The Morgan fingerprint density at radius 1 is 1.33 bits per heavy atom. The molecule has 1 saturated carbocycles. The molecule has 114 valence electrons. The summed E-state index contributed by atoms with van der Waals surface area (Å²) in [6, 6.07) is 6.26. The molecule has 1 atom stereocenters. The van der Waals surface area contributed by atoms with E-state index < -0.39 is 0 Å². The van der Waals surface area contributed by atoms with Crippen molar-refractivity contribution in [3.63, 3.8) is 0 Å². The first kappa shape index (κ1) is 14.3.